The van der Waals surface area contributed by atoms with Gasteiger partial charge in [0.15, 0.2) is 0 Å². The zero-order chi connectivity index (χ0) is 16.2. The molecule has 1 unspecified atom stereocenters. The van der Waals surface area contributed by atoms with Crippen molar-refractivity contribution in [1.82, 2.24) is 5.32 Å². The zero-order valence-electron chi connectivity index (χ0n) is 12.7. The van der Waals surface area contributed by atoms with Gasteiger partial charge in [-0.1, -0.05) is 0 Å². The lowest BCUT2D eigenvalue weighted by Gasteiger charge is -2.29. The maximum Gasteiger partial charge on any atom is 0.243 e. The Hall–Kier alpha value is -1.96. The first kappa shape index (κ1) is 17.1. The Morgan fingerprint density at radius 1 is 1.29 bits per heavy atom. The summed E-state index contributed by atoms with van der Waals surface area (Å²) in [5.74, 6) is 0.367. The molecular weight excluding hydrogens is 296 g/mol. The van der Waals surface area contributed by atoms with E-state index in [1.807, 2.05) is 0 Å². The molecule has 1 amide bonds. The topological polar surface area (TPSA) is 84.9 Å². The normalized spacial score (nSPS) is 12.4. The minimum atomic E-state index is -3.69. The lowest BCUT2D eigenvalue weighted by Crippen LogP contribution is -2.47. The molecule has 0 aliphatic rings. The number of hydrogen-bond donors (Lipinski definition) is 1. The van der Waals surface area contributed by atoms with Gasteiger partial charge in [-0.25, -0.2) is 8.42 Å². The summed E-state index contributed by atoms with van der Waals surface area (Å²) in [4.78, 5) is 11.8. The number of nitrogens with one attached hydrogen (secondary N) is 1. The van der Waals surface area contributed by atoms with Gasteiger partial charge in [0.25, 0.3) is 0 Å². The maximum atomic E-state index is 12.1. The monoisotopic (exact) mass is 316 g/mol. The number of methoxy groups -OCH3 is 2. The molecule has 1 N–H and O–H groups in total. The Kier molecular flexibility index (Phi) is 5.42. The molecule has 21 heavy (non-hydrogen) atoms. The molecule has 0 saturated heterocycles. The highest BCUT2D eigenvalue weighted by Gasteiger charge is 2.31. The molecular formula is C13H20N2O5S. The van der Waals surface area contributed by atoms with Crippen LogP contribution < -0.4 is 19.1 Å². The molecule has 0 saturated carbocycles. The molecule has 1 rings (SSSR count). The number of carbonyl (C=O) groups is 1. The van der Waals surface area contributed by atoms with Crippen molar-refractivity contribution >= 4 is 21.6 Å². The van der Waals surface area contributed by atoms with Crippen molar-refractivity contribution in [2.24, 2.45) is 0 Å². The number of rotatable bonds is 6. The van der Waals surface area contributed by atoms with Crippen molar-refractivity contribution < 1.29 is 22.7 Å². The van der Waals surface area contributed by atoms with Gasteiger partial charge in [-0.3, -0.25) is 9.10 Å². The highest BCUT2D eigenvalue weighted by molar-refractivity contribution is 7.92. The molecule has 1 atom stereocenters. The number of nitrogens with zero attached hydrogens (tertiary/aromatic N) is 1. The van der Waals surface area contributed by atoms with E-state index in [2.05, 4.69) is 5.32 Å². The minimum Gasteiger partial charge on any atom is -0.497 e. The fourth-order valence-corrected chi connectivity index (χ4v) is 3.13. The molecule has 0 fully saturated rings. The van der Waals surface area contributed by atoms with Crippen LogP contribution in [0.1, 0.15) is 6.92 Å². The number of sulfonamides is 1. The molecule has 0 spiro atoms. The lowest BCUT2D eigenvalue weighted by molar-refractivity contribution is -0.121. The average Bonchev–Trinajstić information content (AvgIpc) is 2.44. The van der Waals surface area contributed by atoms with Crippen molar-refractivity contribution in [2.75, 3.05) is 31.8 Å². The Labute approximate surface area is 124 Å². The standard InChI is InChI=1S/C13H20N2O5S/c1-9(13(16)14-2)15(21(5,17)18)11-8-10(19-3)6-7-12(11)20-4/h6-9H,1-5H3,(H,14,16). The van der Waals surface area contributed by atoms with Crippen LogP contribution in [0.3, 0.4) is 0 Å². The SMILES string of the molecule is CNC(=O)C(C)N(c1cc(OC)ccc1OC)S(C)(=O)=O. The van der Waals surface area contributed by atoms with E-state index in [-0.39, 0.29) is 5.69 Å². The van der Waals surface area contributed by atoms with Crippen LogP contribution in [-0.4, -0.2) is 47.9 Å². The largest absolute Gasteiger partial charge is 0.497 e. The third kappa shape index (κ3) is 3.78. The first-order chi connectivity index (χ1) is 9.76. The number of carbonyl (C=O) groups excluding carboxylic acids is 1. The van der Waals surface area contributed by atoms with E-state index < -0.39 is 22.0 Å². The molecule has 0 heterocycles. The number of ether oxygens (including phenoxy) is 2. The van der Waals surface area contributed by atoms with Gasteiger partial charge in [0.1, 0.15) is 17.5 Å². The first-order valence-electron chi connectivity index (χ1n) is 6.19. The summed E-state index contributed by atoms with van der Waals surface area (Å²) in [5, 5.41) is 2.44. The van der Waals surface area contributed by atoms with E-state index in [1.54, 1.807) is 12.1 Å². The summed E-state index contributed by atoms with van der Waals surface area (Å²) >= 11 is 0. The van der Waals surface area contributed by atoms with Crippen molar-refractivity contribution in [3.8, 4) is 11.5 Å². The van der Waals surface area contributed by atoms with Gasteiger partial charge in [0.05, 0.1) is 26.2 Å². The van der Waals surface area contributed by atoms with Gasteiger partial charge in [-0.15, -0.1) is 0 Å². The highest BCUT2D eigenvalue weighted by Crippen LogP contribution is 2.35. The van der Waals surface area contributed by atoms with E-state index in [0.29, 0.717) is 11.5 Å². The molecule has 0 radical (unpaired) electrons. The van der Waals surface area contributed by atoms with Crippen LogP contribution >= 0.6 is 0 Å². The highest BCUT2D eigenvalue weighted by atomic mass is 32.2. The summed E-state index contributed by atoms with van der Waals surface area (Å²) in [5.41, 5.74) is 0.246. The number of likely N-dealkylation sites (N-methyl/N-ethyl adjacent to an activating group) is 1. The summed E-state index contributed by atoms with van der Waals surface area (Å²) in [6.07, 6.45) is 1.03. The van der Waals surface area contributed by atoms with Crippen LogP contribution in [0.2, 0.25) is 0 Å². The van der Waals surface area contributed by atoms with Crippen LogP contribution in [0.15, 0.2) is 18.2 Å². The van der Waals surface area contributed by atoms with Gasteiger partial charge >= 0.3 is 0 Å². The average molecular weight is 316 g/mol. The van der Waals surface area contributed by atoms with Crippen LogP contribution in [0, 0.1) is 0 Å². The molecule has 118 valence electrons. The van der Waals surface area contributed by atoms with E-state index >= 15 is 0 Å². The smallest absolute Gasteiger partial charge is 0.243 e. The second-order valence-electron chi connectivity index (χ2n) is 4.39. The molecule has 7 nitrogen and oxygen atoms in total. The molecule has 1 aromatic rings. The van der Waals surface area contributed by atoms with Crippen molar-refractivity contribution in [3.05, 3.63) is 18.2 Å². The van der Waals surface area contributed by atoms with Crippen molar-refractivity contribution in [3.63, 3.8) is 0 Å². The van der Waals surface area contributed by atoms with Crippen molar-refractivity contribution in [1.29, 1.82) is 0 Å². The molecule has 0 bridgehead atoms. The van der Waals surface area contributed by atoms with Gasteiger partial charge in [0, 0.05) is 13.1 Å². The van der Waals surface area contributed by atoms with Crippen LogP contribution in [0.5, 0.6) is 11.5 Å². The van der Waals surface area contributed by atoms with Gasteiger partial charge < -0.3 is 14.8 Å². The summed E-state index contributed by atoms with van der Waals surface area (Å²) in [7, 11) is 0.651. The van der Waals surface area contributed by atoms with Crippen molar-refractivity contribution in [2.45, 2.75) is 13.0 Å². The van der Waals surface area contributed by atoms with Gasteiger partial charge in [0.2, 0.25) is 15.9 Å². The van der Waals surface area contributed by atoms with Crippen LogP contribution in [-0.2, 0) is 14.8 Å². The Bertz CT molecular complexity index is 615. The third-order valence-electron chi connectivity index (χ3n) is 2.96. The second kappa shape index (κ2) is 6.66. The second-order valence-corrected chi connectivity index (χ2v) is 6.25. The minimum absolute atomic E-state index is 0.246. The zero-order valence-corrected chi connectivity index (χ0v) is 13.5. The number of amides is 1. The third-order valence-corrected chi connectivity index (χ3v) is 4.19. The summed E-state index contributed by atoms with van der Waals surface area (Å²) < 4.78 is 35.5. The molecule has 0 aliphatic carbocycles. The molecule has 8 heteroatoms. The molecule has 0 aliphatic heterocycles. The lowest BCUT2D eigenvalue weighted by atomic mass is 10.2. The number of anilines is 1. The van der Waals surface area contributed by atoms with Crippen LogP contribution in [0.25, 0.3) is 0 Å². The van der Waals surface area contributed by atoms with Crippen LogP contribution in [0.4, 0.5) is 5.69 Å². The van der Waals surface area contributed by atoms with E-state index in [1.165, 1.54) is 34.3 Å². The molecule has 1 aromatic carbocycles. The van der Waals surface area contributed by atoms with E-state index in [0.717, 1.165) is 10.6 Å². The van der Waals surface area contributed by atoms with E-state index in [4.69, 9.17) is 9.47 Å². The predicted molar refractivity (Wildman–Crippen MR) is 80.4 cm³/mol. The van der Waals surface area contributed by atoms with E-state index in [9.17, 15) is 13.2 Å². The fourth-order valence-electron chi connectivity index (χ4n) is 1.96. The maximum absolute atomic E-state index is 12.1. The molecule has 0 aromatic heterocycles. The fraction of sp³-hybridized carbons (Fsp3) is 0.462. The van der Waals surface area contributed by atoms with Gasteiger partial charge in [-0.05, 0) is 19.1 Å². The summed E-state index contributed by atoms with van der Waals surface area (Å²) in [6.45, 7) is 1.50. The number of hydrogen-bond acceptors (Lipinski definition) is 5. The quantitative estimate of drug-likeness (QED) is 0.831. The number of benzene rings is 1. The predicted octanol–water partition coefficient (Wildman–Crippen LogP) is 0.604. The first-order valence-corrected chi connectivity index (χ1v) is 8.04. The summed E-state index contributed by atoms with van der Waals surface area (Å²) in [6, 6.07) is 3.82. The Morgan fingerprint density at radius 2 is 1.90 bits per heavy atom. The Morgan fingerprint density at radius 3 is 2.33 bits per heavy atom. The van der Waals surface area contributed by atoms with Gasteiger partial charge in [-0.2, -0.15) is 0 Å². The Balaban J connectivity index is 3.49.